The number of methoxy groups -OCH3 is 1. The highest BCUT2D eigenvalue weighted by Gasteiger charge is 2.15. The quantitative estimate of drug-likeness (QED) is 0.653. The molecule has 0 spiro atoms. The van der Waals surface area contributed by atoms with E-state index in [0.29, 0.717) is 6.54 Å². The maximum Gasteiger partial charge on any atom is 0.311 e. The normalized spacial score (nSPS) is 11.9. The second kappa shape index (κ2) is 6.81. The molecule has 1 N–H and O–H groups in total. The van der Waals surface area contributed by atoms with Crippen molar-refractivity contribution in [3.05, 3.63) is 64.0 Å². The molecule has 2 aromatic rings. The summed E-state index contributed by atoms with van der Waals surface area (Å²) in [6, 6.07) is 10.7. The van der Waals surface area contributed by atoms with Gasteiger partial charge in [-0.15, -0.1) is 0 Å². The lowest BCUT2D eigenvalue weighted by molar-refractivity contribution is -0.385. The molecule has 6 nitrogen and oxygen atoms in total. The maximum atomic E-state index is 11.0. The van der Waals surface area contributed by atoms with Crippen LogP contribution in [0, 0.1) is 10.1 Å². The van der Waals surface area contributed by atoms with Gasteiger partial charge in [-0.05, 0) is 30.7 Å². The Labute approximate surface area is 122 Å². The highest BCUT2D eigenvalue weighted by molar-refractivity contribution is 5.48. The summed E-state index contributed by atoms with van der Waals surface area (Å²) in [6.45, 7) is 2.52. The van der Waals surface area contributed by atoms with Gasteiger partial charge < -0.3 is 10.1 Å². The number of benzene rings is 1. The highest BCUT2D eigenvalue weighted by atomic mass is 16.6. The smallest absolute Gasteiger partial charge is 0.311 e. The summed E-state index contributed by atoms with van der Waals surface area (Å²) in [5.74, 6) is 0.265. The fraction of sp³-hybridized carbons (Fsp3) is 0.267. The van der Waals surface area contributed by atoms with Crippen LogP contribution in [0.2, 0.25) is 0 Å². The second-order valence-electron chi connectivity index (χ2n) is 4.62. The summed E-state index contributed by atoms with van der Waals surface area (Å²) in [5.41, 5.74) is 1.73. The van der Waals surface area contributed by atoms with E-state index in [0.717, 1.165) is 11.3 Å². The second-order valence-corrected chi connectivity index (χ2v) is 4.62. The number of aromatic nitrogens is 1. The van der Waals surface area contributed by atoms with Crippen LogP contribution in [0.3, 0.4) is 0 Å². The van der Waals surface area contributed by atoms with Gasteiger partial charge >= 0.3 is 5.69 Å². The summed E-state index contributed by atoms with van der Waals surface area (Å²) in [5, 5.41) is 14.3. The van der Waals surface area contributed by atoms with E-state index in [9.17, 15) is 10.1 Å². The molecule has 110 valence electrons. The van der Waals surface area contributed by atoms with Crippen molar-refractivity contribution in [3.8, 4) is 5.75 Å². The van der Waals surface area contributed by atoms with Crippen molar-refractivity contribution in [1.29, 1.82) is 0 Å². The number of hydrogen-bond acceptors (Lipinski definition) is 5. The molecule has 0 saturated heterocycles. The lowest BCUT2D eigenvalue weighted by Crippen LogP contribution is -2.19. The summed E-state index contributed by atoms with van der Waals surface area (Å²) >= 11 is 0. The zero-order valence-corrected chi connectivity index (χ0v) is 11.9. The largest absolute Gasteiger partial charge is 0.490 e. The van der Waals surface area contributed by atoms with E-state index in [1.54, 1.807) is 12.3 Å². The summed E-state index contributed by atoms with van der Waals surface area (Å²) in [6.07, 6.45) is 1.74. The molecule has 0 radical (unpaired) electrons. The monoisotopic (exact) mass is 287 g/mol. The van der Waals surface area contributed by atoms with Gasteiger partial charge in [-0.2, -0.15) is 0 Å². The minimum absolute atomic E-state index is 0.0257. The number of nitro groups is 1. The van der Waals surface area contributed by atoms with Crippen LogP contribution in [0.1, 0.15) is 24.2 Å². The van der Waals surface area contributed by atoms with Crippen LogP contribution in [0.5, 0.6) is 5.75 Å². The first-order chi connectivity index (χ1) is 10.1. The molecule has 0 saturated carbocycles. The van der Waals surface area contributed by atoms with Gasteiger partial charge in [0.15, 0.2) is 5.75 Å². The van der Waals surface area contributed by atoms with Gasteiger partial charge in [0.1, 0.15) is 0 Å². The average molecular weight is 287 g/mol. The van der Waals surface area contributed by atoms with Crippen LogP contribution in [-0.4, -0.2) is 17.0 Å². The first-order valence-corrected chi connectivity index (χ1v) is 6.57. The van der Waals surface area contributed by atoms with Crippen molar-refractivity contribution in [2.75, 3.05) is 7.11 Å². The summed E-state index contributed by atoms with van der Waals surface area (Å²) in [4.78, 5) is 14.8. The molecule has 1 atom stereocenters. The van der Waals surface area contributed by atoms with Gasteiger partial charge in [-0.25, -0.2) is 0 Å². The SMILES string of the molecule is COc1ccc(CN[C@H](C)c2ccccn2)cc1[N+](=O)[O-]. The Bertz CT molecular complexity index is 617. The Morgan fingerprint density at radius 3 is 2.81 bits per heavy atom. The Kier molecular flexibility index (Phi) is 4.84. The molecule has 2 rings (SSSR count). The third-order valence-electron chi connectivity index (χ3n) is 3.18. The van der Waals surface area contributed by atoms with Gasteiger partial charge in [0, 0.05) is 24.8 Å². The summed E-state index contributed by atoms with van der Waals surface area (Å²) in [7, 11) is 1.42. The number of hydrogen-bond donors (Lipinski definition) is 1. The Hall–Kier alpha value is -2.47. The fourth-order valence-corrected chi connectivity index (χ4v) is 2.00. The molecular formula is C15H17N3O3. The molecule has 1 aromatic carbocycles. The van der Waals surface area contributed by atoms with Gasteiger partial charge in [0.2, 0.25) is 0 Å². The lowest BCUT2D eigenvalue weighted by atomic mass is 10.1. The van der Waals surface area contributed by atoms with E-state index in [1.807, 2.05) is 31.2 Å². The zero-order valence-electron chi connectivity index (χ0n) is 11.9. The number of nitrogens with zero attached hydrogens (tertiary/aromatic N) is 2. The van der Waals surface area contributed by atoms with Crippen LogP contribution < -0.4 is 10.1 Å². The topological polar surface area (TPSA) is 77.3 Å². The van der Waals surface area contributed by atoms with Crippen LogP contribution in [0.4, 0.5) is 5.69 Å². The van der Waals surface area contributed by atoms with Gasteiger partial charge in [0.25, 0.3) is 0 Å². The van der Waals surface area contributed by atoms with Gasteiger partial charge in [-0.3, -0.25) is 15.1 Å². The highest BCUT2D eigenvalue weighted by Crippen LogP contribution is 2.27. The number of pyridine rings is 1. The van der Waals surface area contributed by atoms with Crippen molar-refractivity contribution < 1.29 is 9.66 Å². The van der Waals surface area contributed by atoms with E-state index in [1.165, 1.54) is 13.2 Å². The van der Waals surface area contributed by atoms with Crippen LogP contribution >= 0.6 is 0 Å². The lowest BCUT2D eigenvalue weighted by Gasteiger charge is -2.13. The van der Waals surface area contributed by atoms with E-state index in [-0.39, 0.29) is 17.5 Å². The molecule has 0 aliphatic heterocycles. The van der Waals surface area contributed by atoms with Crippen molar-refractivity contribution in [2.45, 2.75) is 19.5 Å². The Balaban J connectivity index is 2.07. The van der Waals surface area contributed by atoms with E-state index in [4.69, 9.17) is 4.74 Å². The predicted octanol–water partition coefficient (Wildman–Crippen LogP) is 2.85. The number of nitrogens with one attached hydrogen (secondary N) is 1. The Morgan fingerprint density at radius 2 is 2.19 bits per heavy atom. The molecule has 0 aliphatic carbocycles. The Morgan fingerprint density at radius 1 is 1.38 bits per heavy atom. The van der Waals surface area contributed by atoms with Crippen LogP contribution in [0.15, 0.2) is 42.6 Å². The van der Waals surface area contributed by atoms with Crippen molar-refractivity contribution in [2.24, 2.45) is 0 Å². The predicted molar refractivity (Wildman–Crippen MR) is 79.1 cm³/mol. The summed E-state index contributed by atoms with van der Waals surface area (Å²) < 4.78 is 4.98. The number of ether oxygens (including phenoxy) is 1. The zero-order chi connectivity index (χ0) is 15.2. The van der Waals surface area contributed by atoms with E-state index < -0.39 is 4.92 Å². The molecule has 21 heavy (non-hydrogen) atoms. The average Bonchev–Trinajstić information content (AvgIpc) is 2.53. The molecule has 0 amide bonds. The van der Waals surface area contributed by atoms with Gasteiger partial charge in [0.05, 0.1) is 17.7 Å². The number of nitro benzene ring substituents is 1. The maximum absolute atomic E-state index is 11.0. The standard InChI is InChI=1S/C15H17N3O3/c1-11(13-5-3-4-8-16-13)17-10-12-6-7-15(21-2)14(9-12)18(19)20/h3-9,11,17H,10H2,1-2H3/t11-/m1/s1. The van der Waals surface area contributed by atoms with Crippen molar-refractivity contribution >= 4 is 5.69 Å². The fourth-order valence-electron chi connectivity index (χ4n) is 2.00. The molecular weight excluding hydrogens is 270 g/mol. The third kappa shape index (κ3) is 3.76. The van der Waals surface area contributed by atoms with E-state index >= 15 is 0 Å². The first kappa shape index (κ1) is 14.9. The molecule has 1 aromatic heterocycles. The first-order valence-electron chi connectivity index (χ1n) is 6.57. The third-order valence-corrected chi connectivity index (χ3v) is 3.18. The van der Waals surface area contributed by atoms with Gasteiger partial charge in [-0.1, -0.05) is 12.1 Å². The van der Waals surface area contributed by atoms with Crippen LogP contribution in [0.25, 0.3) is 0 Å². The van der Waals surface area contributed by atoms with Crippen molar-refractivity contribution in [3.63, 3.8) is 0 Å². The van der Waals surface area contributed by atoms with Crippen LogP contribution in [-0.2, 0) is 6.54 Å². The van der Waals surface area contributed by atoms with Crippen molar-refractivity contribution in [1.82, 2.24) is 10.3 Å². The number of rotatable bonds is 6. The molecule has 0 unspecified atom stereocenters. The molecule has 1 heterocycles. The molecule has 6 heteroatoms. The molecule has 0 bridgehead atoms. The van der Waals surface area contributed by atoms with E-state index in [2.05, 4.69) is 10.3 Å². The minimum Gasteiger partial charge on any atom is -0.490 e. The molecule has 0 fully saturated rings. The molecule has 0 aliphatic rings. The minimum atomic E-state index is -0.440.